The summed E-state index contributed by atoms with van der Waals surface area (Å²) in [6, 6.07) is 4.24. The lowest BCUT2D eigenvalue weighted by molar-refractivity contribution is 0.740. The quantitative estimate of drug-likeness (QED) is 0.743. The summed E-state index contributed by atoms with van der Waals surface area (Å²) in [6.45, 7) is 3.96. The van der Waals surface area contributed by atoms with Crippen molar-refractivity contribution in [3.05, 3.63) is 35.0 Å². The van der Waals surface area contributed by atoms with E-state index in [1.807, 2.05) is 19.9 Å². The summed E-state index contributed by atoms with van der Waals surface area (Å²) in [5.74, 6) is 0. The zero-order valence-electron chi connectivity index (χ0n) is 10.2. The van der Waals surface area contributed by atoms with Gasteiger partial charge in [0, 0.05) is 10.9 Å². The van der Waals surface area contributed by atoms with Gasteiger partial charge in [-0.25, -0.2) is 4.98 Å². The number of nitriles is 1. The Hall–Kier alpha value is -1.27. The van der Waals surface area contributed by atoms with E-state index in [1.54, 1.807) is 11.8 Å². The van der Waals surface area contributed by atoms with Crippen LogP contribution < -0.4 is 0 Å². The summed E-state index contributed by atoms with van der Waals surface area (Å²) < 4.78 is 0. The zero-order valence-corrected chi connectivity index (χ0v) is 11.0. The summed E-state index contributed by atoms with van der Waals surface area (Å²) in [6.07, 6.45) is 8.08. The van der Waals surface area contributed by atoms with Gasteiger partial charge in [-0.3, -0.25) is 0 Å². The number of aryl methyl sites for hydroxylation is 2. The van der Waals surface area contributed by atoms with Crippen LogP contribution in [0.2, 0.25) is 0 Å². The molecule has 1 aromatic heterocycles. The maximum absolute atomic E-state index is 9.20. The fourth-order valence-corrected chi connectivity index (χ4v) is 3.33. The number of hydrogen-bond acceptors (Lipinski definition) is 3. The minimum absolute atomic E-state index is 0.476. The second-order valence-electron chi connectivity index (χ2n) is 4.39. The van der Waals surface area contributed by atoms with Gasteiger partial charge in [-0.2, -0.15) is 5.26 Å². The molecule has 1 atom stereocenters. The van der Waals surface area contributed by atoms with E-state index in [9.17, 15) is 5.26 Å². The average Bonchev–Trinajstić information content (AvgIpc) is 2.30. The molecule has 2 rings (SSSR count). The molecular weight excluding hydrogens is 228 g/mol. The fraction of sp³-hybridized carbons (Fsp3) is 0.429. The van der Waals surface area contributed by atoms with Crippen LogP contribution in [0.25, 0.3) is 0 Å². The van der Waals surface area contributed by atoms with E-state index in [0.29, 0.717) is 5.25 Å². The number of rotatable bonds is 2. The highest BCUT2D eigenvalue weighted by Crippen LogP contribution is 2.32. The third kappa shape index (κ3) is 2.89. The van der Waals surface area contributed by atoms with Crippen molar-refractivity contribution in [1.82, 2.24) is 4.98 Å². The predicted octanol–water partition coefficient (Wildman–Crippen LogP) is 3.77. The SMILES string of the molecule is Cc1cc(C)c(C#N)c(S[C@H]2C=CCCC2)n1. The van der Waals surface area contributed by atoms with Crippen LogP contribution in [0.1, 0.15) is 36.1 Å². The van der Waals surface area contributed by atoms with Crippen LogP contribution >= 0.6 is 11.8 Å². The number of nitrogens with zero attached hydrogens (tertiary/aromatic N) is 2. The highest BCUT2D eigenvalue weighted by Gasteiger charge is 2.15. The molecule has 1 heterocycles. The third-order valence-electron chi connectivity index (χ3n) is 2.90. The minimum Gasteiger partial charge on any atom is -0.245 e. The Morgan fingerprint density at radius 3 is 2.94 bits per heavy atom. The van der Waals surface area contributed by atoms with Crippen LogP contribution in [0.4, 0.5) is 0 Å². The Morgan fingerprint density at radius 1 is 1.47 bits per heavy atom. The number of allylic oxidation sites excluding steroid dienone is 1. The highest BCUT2D eigenvalue weighted by atomic mass is 32.2. The molecular formula is C14H16N2S. The number of thioether (sulfide) groups is 1. The lowest BCUT2D eigenvalue weighted by atomic mass is 10.1. The van der Waals surface area contributed by atoms with Gasteiger partial charge in [-0.05, 0) is 44.7 Å². The molecule has 0 spiro atoms. The van der Waals surface area contributed by atoms with Crippen molar-refractivity contribution in [2.45, 2.75) is 43.4 Å². The van der Waals surface area contributed by atoms with Crippen LogP contribution in [0.5, 0.6) is 0 Å². The first-order valence-electron chi connectivity index (χ1n) is 5.92. The monoisotopic (exact) mass is 244 g/mol. The highest BCUT2D eigenvalue weighted by molar-refractivity contribution is 8.00. The number of pyridine rings is 1. The average molecular weight is 244 g/mol. The molecule has 0 bridgehead atoms. The molecule has 88 valence electrons. The summed E-state index contributed by atoms with van der Waals surface area (Å²) >= 11 is 1.72. The lowest BCUT2D eigenvalue weighted by Crippen LogP contribution is -2.04. The van der Waals surface area contributed by atoms with Crippen LogP contribution in [0, 0.1) is 25.2 Å². The van der Waals surface area contributed by atoms with Gasteiger partial charge in [0.25, 0.3) is 0 Å². The standard InChI is InChI=1S/C14H16N2S/c1-10-8-11(2)16-14(13(10)9-15)17-12-6-4-3-5-7-12/h4,6,8,12H,3,5,7H2,1-2H3/t12-/m0/s1. The van der Waals surface area contributed by atoms with Gasteiger partial charge < -0.3 is 0 Å². The largest absolute Gasteiger partial charge is 0.245 e. The summed E-state index contributed by atoms with van der Waals surface area (Å²) in [5.41, 5.74) is 2.76. The first kappa shape index (κ1) is 12.2. The molecule has 0 aromatic carbocycles. The van der Waals surface area contributed by atoms with Gasteiger partial charge in [-0.1, -0.05) is 23.9 Å². The van der Waals surface area contributed by atoms with E-state index in [2.05, 4.69) is 23.2 Å². The van der Waals surface area contributed by atoms with E-state index in [1.165, 1.54) is 19.3 Å². The third-order valence-corrected chi connectivity index (χ3v) is 4.11. The molecule has 1 aliphatic carbocycles. The van der Waals surface area contributed by atoms with Crippen LogP contribution in [-0.2, 0) is 0 Å². The summed E-state index contributed by atoms with van der Waals surface area (Å²) in [4.78, 5) is 4.51. The Bertz CT molecular complexity index is 486. The first-order chi connectivity index (χ1) is 8.20. The number of hydrogen-bond donors (Lipinski definition) is 0. The molecule has 0 saturated carbocycles. The molecule has 3 heteroatoms. The van der Waals surface area contributed by atoms with Crippen molar-refractivity contribution in [3.8, 4) is 6.07 Å². The van der Waals surface area contributed by atoms with Gasteiger partial charge in [-0.15, -0.1) is 0 Å². The molecule has 0 fully saturated rings. The van der Waals surface area contributed by atoms with Gasteiger partial charge in [0.2, 0.25) is 0 Å². The first-order valence-corrected chi connectivity index (χ1v) is 6.80. The molecule has 0 aliphatic heterocycles. The molecule has 1 aromatic rings. The second kappa shape index (κ2) is 5.37. The molecule has 1 aliphatic rings. The van der Waals surface area contributed by atoms with E-state index in [4.69, 9.17) is 0 Å². The van der Waals surface area contributed by atoms with Crippen molar-refractivity contribution in [1.29, 1.82) is 5.26 Å². The Labute approximate surface area is 107 Å². The minimum atomic E-state index is 0.476. The van der Waals surface area contributed by atoms with Gasteiger partial charge in [0.05, 0.1) is 5.56 Å². The summed E-state index contributed by atoms with van der Waals surface area (Å²) in [5, 5.41) is 10.6. The van der Waals surface area contributed by atoms with E-state index in [-0.39, 0.29) is 0 Å². The van der Waals surface area contributed by atoms with E-state index in [0.717, 1.165) is 21.8 Å². The molecule has 2 nitrogen and oxygen atoms in total. The predicted molar refractivity (Wildman–Crippen MR) is 71.1 cm³/mol. The van der Waals surface area contributed by atoms with Crippen LogP contribution in [-0.4, -0.2) is 10.2 Å². The Morgan fingerprint density at radius 2 is 2.29 bits per heavy atom. The molecule has 0 N–H and O–H groups in total. The van der Waals surface area contributed by atoms with Crippen molar-refractivity contribution < 1.29 is 0 Å². The maximum atomic E-state index is 9.20. The topological polar surface area (TPSA) is 36.7 Å². The Balaban J connectivity index is 2.28. The number of aromatic nitrogens is 1. The smallest absolute Gasteiger partial charge is 0.115 e. The van der Waals surface area contributed by atoms with Crippen molar-refractivity contribution in [2.24, 2.45) is 0 Å². The second-order valence-corrected chi connectivity index (χ2v) is 5.62. The Kier molecular flexibility index (Phi) is 3.86. The summed E-state index contributed by atoms with van der Waals surface area (Å²) in [7, 11) is 0. The van der Waals surface area contributed by atoms with Gasteiger partial charge >= 0.3 is 0 Å². The normalized spacial score (nSPS) is 19.0. The van der Waals surface area contributed by atoms with Crippen molar-refractivity contribution in [3.63, 3.8) is 0 Å². The molecule has 0 radical (unpaired) electrons. The van der Waals surface area contributed by atoms with Crippen LogP contribution in [0.3, 0.4) is 0 Å². The lowest BCUT2D eigenvalue weighted by Gasteiger charge is -2.16. The van der Waals surface area contributed by atoms with Crippen LogP contribution in [0.15, 0.2) is 23.2 Å². The maximum Gasteiger partial charge on any atom is 0.115 e. The van der Waals surface area contributed by atoms with Crippen molar-refractivity contribution in [2.75, 3.05) is 0 Å². The van der Waals surface area contributed by atoms with Gasteiger partial charge in [0.1, 0.15) is 11.1 Å². The van der Waals surface area contributed by atoms with E-state index >= 15 is 0 Å². The van der Waals surface area contributed by atoms with E-state index < -0.39 is 0 Å². The molecule has 0 amide bonds. The fourth-order valence-electron chi connectivity index (χ4n) is 2.05. The molecule has 0 unspecified atom stereocenters. The van der Waals surface area contributed by atoms with Gasteiger partial charge in [0.15, 0.2) is 0 Å². The molecule has 0 saturated heterocycles. The molecule has 17 heavy (non-hydrogen) atoms. The van der Waals surface area contributed by atoms with Crippen molar-refractivity contribution >= 4 is 11.8 Å². The zero-order chi connectivity index (χ0) is 12.3.